The summed E-state index contributed by atoms with van der Waals surface area (Å²) >= 11 is 0. The smallest absolute Gasteiger partial charge is 0.135 e. The van der Waals surface area contributed by atoms with Crippen LogP contribution in [0.2, 0.25) is 0 Å². The lowest BCUT2D eigenvalue weighted by molar-refractivity contribution is 0.304. The van der Waals surface area contributed by atoms with Crippen molar-refractivity contribution in [2.24, 2.45) is 5.73 Å². The number of aromatic nitrogens is 1. The van der Waals surface area contributed by atoms with E-state index in [1.165, 1.54) is 0 Å². The summed E-state index contributed by atoms with van der Waals surface area (Å²) in [4.78, 5) is 4.05. The fourth-order valence-electron chi connectivity index (χ4n) is 1.65. The Morgan fingerprint density at radius 3 is 2.90 bits per heavy atom. The summed E-state index contributed by atoms with van der Waals surface area (Å²) in [6.07, 6.45) is 3.50. The predicted octanol–water partition coefficient (Wildman–Crippen LogP) is 1.98. The zero-order chi connectivity index (χ0) is 14.2. The molecule has 4 nitrogen and oxygen atoms in total. The Labute approximate surface area is 118 Å². The molecule has 0 aliphatic heterocycles. The number of methoxy groups -OCH3 is 1. The number of rotatable bonds is 4. The Hall–Kier alpha value is -2.51. The lowest BCUT2D eigenvalue weighted by atomic mass is 10.2. The van der Waals surface area contributed by atoms with Crippen molar-refractivity contribution in [3.8, 4) is 23.3 Å². The number of nitrogens with two attached hydrogens (primary N) is 1. The van der Waals surface area contributed by atoms with Crippen LogP contribution in [0.15, 0.2) is 42.7 Å². The van der Waals surface area contributed by atoms with Crippen LogP contribution in [0.25, 0.3) is 0 Å². The highest BCUT2D eigenvalue weighted by Gasteiger charge is 2.04. The molecule has 102 valence electrons. The van der Waals surface area contributed by atoms with Gasteiger partial charge in [-0.1, -0.05) is 17.9 Å². The summed E-state index contributed by atoms with van der Waals surface area (Å²) in [6.45, 7) is 0.747. The molecule has 2 rings (SSSR count). The maximum Gasteiger partial charge on any atom is 0.135 e. The number of pyridine rings is 1. The van der Waals surface area contributed by atoms with Gasteiger partial charge < -0.3 is 15.2 Å². The Morgan fingerprint density at radius 2 is 2.20 bits per heavy atom. The zero-order valence-corrected chi connectivity index (χ0v) is 11.3. The fourth-order valence-corrected chi connectivity index (χ4v) is 1.65. The first-order valence-corrected chi connectivity index (χ1v) is 6.22. The Morgan fingerprint density at radius 1 is 1.30 bits per heavy atom. The maximum atomic E-state index is 5.78. The minimum atomic E-state index is 0.305. The van der Waals surface area contributed by atoms with Gasteiger partial charge in [0.2, 0.25) is 0 Å². The second kappa shape index (κ2) is 7.17. The second-order valence-corrected chi connectivity index (χ2v) is 4.02. The standard InChI is InChI=1S/C16H16N2O2/c1-19-15-6-7-16(14(10-15)5-2-8-17)20-12-13-4-3-9-18-11-13/h3-4,6-7,9-11H,8,12,17H2,1H3. The van der Waals surface area contributed by atoms with E-state index in [-0.39, 0.29) is 0 Å². The van der Waals surface area contributed by atoms with Gasteiger partial charge in [-0.05, 0) is 24.3 Å². The Kier molecular flexibility index (Phi) is 4.99. The van der Waals surface area contributed by atoms with E-state index in [4.69, 9.17) is 15.2 Å². The first kappa shape index (κ1) is 13.9. The van der Waals surface area contributed by atoms with Crippen LogP contribution in [-0.4, -0.2) is 18.6 Å². The average molecular weight is 268 g/mol. The van der Waals surface area contributed by atoms with E-state index < -0.39 is 0 Å². The molecule has 1 heterocycles. The van der Waals surface area contributed by atoms with Gasteiger partial charge in [-0.25, -0.2) is 0 Å². The monoisotopic (exact) mass is 268 g/mol. The van der Waals surface area contributed by atoms with Crippen LogP contribution >= 0.6 is 0 Å². The topological polar surface area (TPSA) is 57.4 Å². The lowest BCUT2D eigenvalue weighted by Crippen LogP contribution is -1.99. The van der Waals surface area contributed by atoms with Crippen molar-refractivity contribution in [1.82, 2.24) is 4.98 Å². The minimum Gasteiger partial charge on any atom is -0.497 e. The molecule has 0 saturated heterocycles. The molecule has 2 aromatic rings. The molecular formula is C16H16N2O2. The molecular weight excluding hydrogens is 252 g/mol. The van der Waals surface area contributed by atoms with Gasteiger partial charge in [0.1, 0.15) is 18.1 Å². The minimum absolute atomic E-state index is 0.305. The average Bonchev–Trinajstić information content (AvgIpc) is 2.52. The molecule has 0 saturated carbocycles. The van der Waals surface area contributed by atoms with Gasteiger partial charge in [-0.15, -0.1) is 0 Å². The Balaban J connectivity index is 2.17. The molecule has 0 spiro atoms. The number of hydrogen-bond acceptors (Lipinski definition) is 4. The van der Waals surface area contributed by atoms with Gasteiger partial charge in [-0.2, -0.15) is 0 Å². The van der Waals surface area contributed by atoms with Crippen molar-refractivity contribution in [2.45, 2.75) is 6.61 Å². The first-order valence-electron chi connectivity index (χ1n) is 6.22. The van der Waals surface area contributed by atoms with E-state index in [1.54, 1.807) is 19.5 Å². The largest absolute Gasteiger partial charge is 0.497 e. The van der Waals surface area contributed by atoms with Crippen molar-refractivity contribution >= 4 is 0 Å². The third-order valence-electron chi connectivity index (χ3n) is 2.63. The normalized spacial score (nSPS) is 9.50. The summed E-state index contributed by atoms with van der Waals surface area (Å²) in [6, 6.07) is 9.35. The molecule has 0 aliphatic carbocycles. The summed E-state index contributed by atoms with van der Waals surface area (Å²) < 4.78 is 11.0. The SMILES string of the molecule is COc1ccc(OCc2cccnc2)c(C#CCN)c1. The third kappa shape index (κ3) is 3.74. The summed E-state index contributed by atoms with van der Waals surface area (Å²) in [5, 5.41) is 0. The van der Waals surface area contributed by atoms with E-state index in [1.807, 2.05) is 30.3 Å². The molecule has 0 fully saturated rings. The number of ether oxygens (including phenoxy) is 2. The van der Waals surface area contributed by atoms with E-state index in [0.29, 0.717) is 18.9 Å². The van der Waals surface area contributed by atoms with Crippen LogP contribution in [0.4, 0.5) is 0 Å². The molecule has 0 bridgehead atoms. The summed E-state index contributed by atoms with van der Waals surface area (Å²) in [5.74, 6) is 7.25. The molecule has 0 amide bonds. The first-order chi connectivity index (χ1) is 9.83. The highest BCUT2D eigenvalue weighted by atomic mass is 16.5. The number of nitrogens with zero attached hydrogens (tertiary/aromatic N) is 1. The molecule has 2 N–H and O–H groups in total. The van der Waals surface area contributed by atoms with Crippen molar-refractivity contribution in [1.29, 1.82) is 0 Å². The quantitative estimate of drug-likeness (QED) is 0.861. The lowest BCUT2D eigenvalue weighted by Gasteiger charge is -2.09. The van der Waals surface area contributed by atoms with Crippen molar-refractivity contribution < 1.29 is 9.47 Å². The van der Waals surface area contributed by atoms with Crippen LogP contribution < -0.4 is 15.2 Å². The van der Waals surface area contributed by atoms with E-state index in [9.17, 15) is 0 Å². The van der Waals surface area contributed by atoms with E-state index >= 15 is 0 Å². The zero-order valence-electron chi connectivity index (χ0n) is 11.3. The van der Waals surface area contributed by atoms with Crippen LogP contribution in [-0.2, 0) is 6.61 Å². The van der Waals surface area contributed by atoms with Gasteiger partial charge >= 0.3 is 0 Å². The van der Waals surface area contributed by atoms with Crippen molar-refractivity contribution in [3.63, 3.8) is 0 Å². The van der Waals surface area contributed by atoms with Gasteiger partial charge in [-0.3, -0.25) is 4.98 Å². The van der Waals surface area contributed by atoms with E-state index in [0.717, 1.165) is 16.9 Å². The van der Waals surface area contributed by atoms with E-state index in [2.05, 4.69) is 16.8 Å². The van der Waals surface area contributed by atoms with Crippen LogP contribution in [0.5, 0.6) is 11.5 Å². The molecule has 0 aliphatic rings. The van der Waals surface area contributed by atoms with Crippen molar-refractivity contribution in [3.05, 3.63) is 53.9 Å². The number of benzene rings is 1. The third-order valence-corrected chi connectivity index (χ3v) is 2.63. The fraction of sp³-hybridized carbons (Fsp3) is 0.188. The second-order valence-electron chi connectivity index (χ2n) is 4.02. The maximum absolute atomic E-state index is 5.78. The van der Waals surface area contributed by atoms with Crippen LogP contribution in [0.1, 0.15) is 11.1 Å². The molecule has 4 heteroatoms. The molecule has 1 aromatic heterocycles. The molecule has 20 heavy (non-hydrogen) atoms. The number of hydrogen-bond donors (Lipinski definition) is 1. The van der Waals surface area contributed by atoms with Gasteiger partial charge in [0.05, 0.1) is 19.2 Å². The van der Waals surface area contributed by atoms with Crippen LogP contribution in [0.3, 0.4) is 0 Å². The summed E-state index contributed by atoms with van der Waals surface area (Å²) in [5.41, 5.74) is 7.17. The Bertz CT molecular complexity index is 615. The van der Waals surface area contributed by atoms with Gasteiger partial charge in [0.25, 0.3) is 0 Å². The predicted molar refractivity (Wildman–Crippen MR) is 77.5 cm³/mol. The molecule has 1 aromatic carbocycles. The highest BCUT2D eigenvalue weighted by molar-refractivity contribution is 5.50. The van der Waals surface area contributed by atoms with Gasteiger partial charge in [0.15, 0.2) is 0 Å². The molecule has 0 radical (unpaired) electrons. The van der Waals surface area contributed by atoms with Gasteiger partial charge in [0, 0.05) is 18.0 Å². The summed E-state index contributed by atoms with van der Waals surface area (Å²) in [7, 11) is 1.62. The molecule has 0 atom stereocenters. The highest BCUT2D eigenvalue weighted by Crippen LogP contribution is 2.24. The molecule has 0 unspecified atom stereocenters. The van der Waals surface area contributed by atoms with Crippen LogP contribution in [0, 0.1) is 11.8 Å². The van der Waals surface area contributed by atoms with Crippen molar-refractivity contribution in [2.75, 3.05) is 13.7 Å².